The molecule has 1 aliphatic carbocycles. The van der Waals surface area contributed by atoms with Crippen LogP contribution in [0.15, 0.2) is 30.6 Å². The van der Waals surface area contributed by atoms with E-state index in [9.17, 15) is 9.90 Å². The maximum atomic E-state index is 11.3. The summed E-state index contributed by atoms with van der Waals surface area (Å²) in [6.07, 6.45) is 10.8. The quantitative estimate of drug-likeness (QED) is 0.396. The van der Waals surface area contributed by atoms with Gasteiger partial charge in [-0.15, -0.1) is 0 Å². The zero-order valence-corrected chi connectivity index (χ0v) is 19.4. The van der Waals surface area contributed by atoms with Crippen LogP contribution in [0.1, 0.15) is 77.2 Å². The lowest BCUT2D eigenvalue weighted by Crippen LogP contribution is -2.28. The lowest BCUT2D eigenvalue weighted by molar-refractivity contribution is -0.137. The first-order chi connectivity index (χ1) is 15.5. The monoisotopic (exact) mass is 440 g/mol. The van der Waals surface area contributed by atoms with Crippen molar-refractivity contribution in [1.82, 2.24) is 9.97 Å². The summed E-state index contributed by atoms with van der Waals surface area (Å²) in [5.41, 5.74) is 3.68. The summed E-state index contributed by atoms with van der Waals surface area (Å²) < 4.78 is 5.34. The van der Waals surface area contributed by atoms with Gasteiger partial charge in [-0.2, -0.15) is 0 Å². The second-order valence-electron chi connectivity index (χ2n) is 8.65. The van der Waals surface area contributed by atoms with Crippen molar-refractivity contribution in [1.29, 1.82) is 0 Å². The summed E-state index contributed by atoms with van der Waals surface area (Å²) in [6, 6.07) is 6.88. The van der Waals surface area contributed by atoms with Crippen molar-refractivity contribution < 1.29 is 14.6 Å². The molecule has 7 nitrogen and oxygen atoms in total. The molecule has 0 radical (unpaired) electrons. The highest BCUT2D eigenvalue weighted by Crippen LogP contribution is 2.34. The van der Waals surface area contributed by atoms with Crippen molar-refractivity contribution >= 4 is 23.0 Å². The van der Waals surface area contributed by atoms with E-state index in [2.05, 4.69) is 39.7 Å². The SMILES string of the molecule is CCOc1ncc(Nc2cc(C(CC)CC(=O)O)ccc2N[C@@H](C)C2CCCCC2)cn1. The van der Waals surface area contributed by atoms with Crippen molar-refractivity contribution in [3.05, 3.63) is 36.2 Å². The van der Waals surface area contributed by atoms with E-state index in [4.69, 9.17) is 4.74 Å². The molecule has 32 heavy (non-hydrogen) atoms. The molecular weight excluding hydrogens is 404 g/mol. The molecular formula is C25H36N4O3. The molecule has 2 aromatic rings. The summed E-state index contributed by atoms with van der Waals surface area (Å²) >= 11 is 0. The Morgan fingerprint density at radius 2 is 1.88 bits per heavy atom. The van der Waals surface area contributed by atoms with Crippen LogP contribution < -0.4 is 15.4 Å². The van der Waals surface area contributed by atoms with Crippen LogP contribution in [0.3, 0.4) is 0 Å². The van der Waals surface area contributed by atoms with E-state index < -0.39 is 5.97 Å². The van der Waals surface area contributed by atoms with Crippen LogP contribution in [0.25, 0.3) is 0 Å². The number of carbonyl (C=O) groups is 1. The van der Waals surface area contributed by atoms with Gasteiger partial charge in [0.1, 0.15) is 0 Å². The number of hydrogen-bond donors (Lipinski definition) is 3. The Bertz CT molecular complexity index is 866. The molecule has 0 aliphatic heterocycles. The molecule has 0 amide bonds. The number of hydrogen-bond acceptors (Lipinski definition) is 6. The number of nitrogens with zero attached hydrogens (tertiary/aromatic N) is 2. The molecule has 174 valence electrons. The summed E-state index contributed by atoms with van der Waals surface area (Å²) in [5, 5.41) is 16.5. The Morgan fingerprint density at radius 1 is 1.16 bits per heavy atom. The van der Waals surface area contributed by atoms with E-state index in [-0.39, 0.29) is 12.3 Å². The average molecular weight is 441 g/mol. The third kappa shape index (κ3) is 6.58. The molecule has 1 fully saturated rings. The van der Waals surface area contributed by atoms with E-state index in [1.54, 1.807) is 12.4 Å². The predicted octanol–water partition coefficient (Wildman–Crippen LogP) is 5.97. The number of nitrogens with one attached hydrogen (secondary N) is 2. The molecule has 0 saturated heterocycles. The first kappa shape index (κ1) is 23.8. The third-order valence-corrected chi connectivity index (χ3v) is 6.35. The highest BCUT2D eigenvalue weighted by atomic mass is 16.5. The highest BCUT2D eigenvalue weighted by molar-refractivity contribution is 5.76. The fourth-order valence-electron chi connectivity index (χ4n) is 4.49. The normalized spacial score (nSPS) is 16.2. The number of aromatic nitrogens is 2. The Hall–Kier alpha value is -2.83. The minimum Gasteiger partial charge on any atom is -0.481 e. The van der Waals surface area contributed by atoms with Crippen LogP contribution in [0, 0.1) is 5.92 Å². The van der Waals surface area contributed by atoms with E-state index in [0.717, 1.165) is 29.0 Å². The van der Waals surface area contributed by atoms with Gasteiger partial charge in [-0.05, 0) is 62.6 Å². The van der Waals surface area contributed by atoms with Crippen molar-refractivity contribution in [3.8, 4) is 6.01 Å². The number of ether oxygens (including phenoxy) is 1. The Kier molecular flexibility index (Phi) is 8.71. The number of rotatable bonds is 11. The number of aliphatic carboxylic acids is 1. The van der Waals surface area contributed by atoms with Gasteiger partial charge < -0.3 is 20.5 Å². The number of carboxylic acids is 1. The fraction of sp³-hybridized carbons (Fsp3) is 0.560. The molecule has 3 rings (SSSR count). The Morgan fingerprint density at radius 3 is 2.50 bits per heavy atom. The fourth-order valence-corrected chi connectivity index (χ4v) is 4.49. The summed E-state index contributed by atoms with van der Waals surface area (Å²) in [4.78, 5) is 19.8. The zero-order chi connectivity index (χ0) is 22.9. The third-order valence-electron chi connectivity index (χ3n) is 6.35. The highest BCUT2D eigenvalue weighted by Gasteiger charge is 2.22. The van der Waals surface area contributed by atoms with Crippen LogP contribution in [-0.2, 0) is 4.79 Å². The van der Waals surface area contributed by atoms with Crippen molar-refractivity contribution in [3.63, 3.8) is 0 Å². The molecule has 7 heteroatoms. The first-order valence-electron chi connectivity index (χ1n) is 11.8. The molecule has 1 saturated carbocycles. The number of anilines is 3. The topological polar surface area (TPSA) is 96.4 Å². The molecule has 1 heterocycles. The van der Waals surface area contributed by atoms with E-state index in [0.29, 0.717) is 24.6 Å². The van der Waals surface area contributed by atoms with Gasteiger partial charge >= 0.3 is 12.0 Å². The second-order valence-corrected chi connectivity index (χ2v) is 8.65. The van der Waals surface area contributed by atoms with Crippen LogP contribution in [0.4, 0.5) is 17.1 Å². The van der Waals surface area contributed by atoms with Crippen molar-refractivity contribution in [2.24, 2.45) is 5.92 Å². The largest absolute Gasteiger partial charge is 0.481 e. The van der Waals surface area contributed by atoms with Crippen molar-refractivity contribution in [2.45, 2.75) is 77.7 Å². The average Bonchev–Trinajstić information content (AvgIpc) is 2.80. The van der Waals surface area contributed by atoms with Gasteiger partial charge in [-0.1, -0.05) is 32.3 Å². The smallest absolute Gasteiger partial charge is 0.316 e. The van der Waals surface area contributed by atoms with Crippen LogP contribution in [0.5, 0.6) is 6.01 Å². The van der Waals surface area contributed by atoms with Gasteiger partial charge in [0, 0.05) is 6.04 Å². The maximum Gasteiger partial charge on any atom is 0.316 e. The predicted molar refractivity (Wildman–Crippen MR) is 128 cm³/mol. The zero-order valence-electron chi connectivity index (χ0n) is 19.4. The summed E-state index contributed by atoms with van der Waals surface area (Å²) in [7, 11) is 0. The molecule has 3 N–H and O–H groups in total. The molecule has 1 aromatic carbocycles. The molecule has 1 aliphatic rings. The van der Waals surface area contributed by atoms with Gasteiger partial charge in [-0.3, -0.25) is 4.79 Å². The van der Waals surface area contributed by atoms with Crippen LogP contribution in [-0.4, -0.2) is 33.7 Å². The second kappa shape index (κ2) is 11.7. The molecule has 0 bridgehead atoms. The Balaban J connectivity index is 1.85. The number of carboxylic acid groups (broad SMARTS) is 1. The molecule has 1 unspecified atom stereocenters. The van der Waals surface area contributed by atoms with Gasteiger partial charge in [0.05, 0.1) is 42.5 Å². The van der Waals surface area contributed by atoms with E-state index in [1.165, 1.54) is 32.1 Å². The van der Waals surface area contributed by atoms with Crippen LogP contribution in [0.2, 0.25) is 0 Å². The lowest BCUT2D eigenvalue weighted by Gasteiger charge is -2.30. The molecule has 2 atom stereocenters. The summed E-state index contributed by atoms with van der Waals surface area (Å²) in [5.74, 6) is -0.144. The Labute approximate surface area is 191 Å². The molecule has 0 spiro atoms. The maximum absolute atomic E-state index is 11.3. The first-order valence-corrected chi connectivity index (χ1v) is 11.8. The van der Waals surface area contributed by atoms with Gasteiger partial charge in [0.25, 0.3) is 0 Å². The lowest BCUT2D eigenvalue weighted by atomic mass is 9.84. The minimum absolute atomic E-state index is 0.0329. The van der Waals surface area contributed by atoms with Gasteiger partial charge in [0.2, 0.25) is 0 Å². The van der Waals surface area contributed by atoms with Gasteiger partial charge in [0.15, 0.2) is 0 Å². The number of benzene rings is 1. The van der Waals surface area contributed by atoms with E-state index >= 15 is 0 Å². The summed E-state index contributed by atoms with van der Waals surface area (Å²) in [6.45, 7) is 6.70. The van der Waals surface area contributed by atoms with Crippen molar-refractivity contribution in [2.75, 3.05) is 17.2 Å². The van der Waals surface area contributed by atoms with Crippen LogP contribution >= 0.6 is 0 Å². The van der Waals surface area contributed by atoms with Gasteiger partial charge in [-0.25, -0.2) is 9.97 Å². The molecule has 1 aromatic heterocycles. The standard InChI is InChI=1S/C25H36N4O3/c1-4-18(14-24(30)31)20-11-12-22(28-17(3)19-9-7-6-8-10-19)23(13-20)29-21-15-26-25(27-16-21)32-5-2/h11-13,15-19,28-29H,4-10,14H2,1-3H3,(H,30,31)/t17-,18?/m0/s1. The minimum atomic E-state index is -0.778. The van der Waals surface area contributed by atoms with E-state index in [1.807, 2.05) is 19.9 Å².